The predicted octanol–water partition coefficient (Wildman–Crippen LogP) is 13.1. The van der Waals surface area contributed by atoms with Crippen molar-refractivity contribution in [1.82, 2.24) is 9.97 Å². The largest absolute Gasteiger partial charge is 0.228 e. The van der Waals surface area contributed by atoms with Gasteiger partial charge < -0.3 is 0 Å². The van der Waals surface area contributed by atoms with E-state index in [1.165, 1.54) is 61.2 Å². The fourth-order valence-corrected chi connectivity index (χ4v) is 6.82. The van der Waals surface area contributed by atoms with Crippen LogP contribution in [-0.2, 0) is 0 Å². The molecule has 2 heteroatoms. The van der Waals surface area contributed by atoms with E-state index >= 15 is 0 Å². The third-order valence-corrected chi connectivity index (χ3v) is 9.40. The van der Waals surface area contributed by atoms with Gasteiger partial charge in [-0.3, -0.25) is 0 Å². The smallest absolute Gasteiger partial charge is 0.160 e. The zero-order valence-corrected chi connectivity index (χ0v) is 29.1. The molecule has 0 radical (unpaired) electrons. The van der Waals surface area contributed by atoms with Gasteiger partial charge in [-0.05, 0) is 101 Å². The third-order valence-electron chi connectivity index (χ3n) is 9.40. The predicted molar refractivity (Wildman–Crippen MR) is 214 cm³/mol. The summed E-state index contributed by atoms with van der Waals surface area (Å²) in [5.74, 6) is 0.719. The number of hydrogen-bond acceptors (Lipinski definition) is 2. The van der Waals surface area contributed by atoms with Gasteiger partial charge in [0.15, 0.2) is 5.82 Å². The molecule has 8 aromatic rings. The van der Waals surface area contributed by atoms with E-state index in [2.05, 4.69) is 197 Å². The van der Waals surface area contributed by atoms with Gasteiger partial charge in [0.05, 0.1) is 11.4 Å². The molecule has 0 amide bonds. The molecule has 0 aliphatic rings. The second-order valence-corrected chi connectivity index (χ2v) is 13.4. The molecule has 0 aliphatic carbocycles. The van der Waals surface area contributed by atoms with Crippen LogP contribution in [0, 0.1) is 20.8 Å². The molecule has 0 spiro atoms. The van der Waals surface area contributed by atoms with Crippen LogP contribution in [0.3, 0.4) is 0 Å². The Labute approximate surface area is 300 Å². The topological polar surface area (TPSA) is 25.8 Å². The van der Waals surface area contributed by atoms with Gasteiger partial charge in [-0.2, -0.15) is 0 Å². The van der Waals surface area contributed by atoms with Crippen molar-refractivity contribution in [2.24, 2.45) is 0 Å². The fraction of sp³-hybridized carbons (Fsp3) is 0.0612. The first-order chi connectivity index (χ1) is 24.9. The monoisotopic (exact) mass is 654 g/mol. The van der Waals surface area contributed by atoms with Crippen molar-refractivity contribution in [1.29, 1.82) is 0 Å². The molecule has 0 atom stereocenters. The van der Waals surface area contributed by atoms with Crippen LogP contribution in [0.1, 0.15) is 16.7 Å². The lowest BCUT2D eigenvalue weighted by atomic mass is 9.95. The standard InChI is InChI=1S/C49H38N2/c1-33-11-10-16-42(25-33)49-50-47(40-21-17-38(18-22-40)45-28-34(2)26-43(30-45)36-12-6-4-7-13-36)32-48(51-49)41-23-19-39(20-24-41)46-29-35(3)27-44(31-46)37-14-8-5-9-15-37/h4-32H,1-3H3. The van der Waals surface area contributed by atoms with Gasteiger partial charge in [-0.15, -0.1) is 0 Å². The molecule has 1 aromatic heterocycles. The molecule has 0 aliphatic heterocycles. The van der Waals surface area contributed by atoms with Crippen molar-refractivity contribution in [3.63, 3.8) is 0 Å². The molecular formula is C49H38N2. The number of aromatic nitrogens is 2. The molecule has 0 saturated heterocycles. The molecule has 1 heterocycles. The minimum Gasteiger partial charge on any atom is -0.228 e. The molecule has 0 saturated carbocycles. The Morgan fingerprint density at radius 2 is 0.608 bits per heavy atom. The van der Waals surface area contributed by atoms with Crippen molar-refractivity contribution in [3.05, 3.63) is 193 Å². The van der Waals surface area contributed by atoms with Crippen molar-refractivity contribution in [2.45, 2.75) is 20.8 Å². The number of aryl methyl sites for hydroxylation is 3. The maximum absolute atomic E-state index is 5.11. The molecule has 0 unspecified atom stereocenters. The van der Waals surface area contributed by atoms with Crippen molar-refractivity contribution in [2.75, 3.05) is 0 Å². The average molecular weight is 655 g/mol. The van der Waals surface area contributed by atoms with E-state index in [4.69, 9.17) is 9.97 Å². The molecule has 0 bridgehead atoms. The van der Waals surface area contributed by atoms with Gasteiger partial charge in [0.1, 0.15) is 0 Å². The Balaban J connectivity index is 1.15. The van der Waals surface area contributed by atoms with Crippen molar-refractivity contribution in [3.8, 4) is 78.4 Å². The summed E-state index contributed by atoms with van der Waals surface area (Å²) in [6, 6.07) is 62.7. The van der Waals surface area contributed by atoms with E-state index < -0.39 is 0 Å². The molecule has 7 aromatic carbocycles. The van der Waals surface area contributed by atoms with Crippen molar-refractivity contribution >= 4 is 0 Å². The average Bonchev–Trinajstić information content (AvgIpc) is 3.18. The summed E-state index contributed by atoms with van der Waals surface area (Å²) in [5, 5.41) is 0. The SMILES string of the molecule is Cc1cc(-c2ccccc2)cc(-c2ccc(-c3cc(-c4ccc(-c5cc(C)cc(-c6ccccc6)c5)cc4)nc(-c4cccc(C)c4)n3)cc2)c1. The molecule has 2 nitrogen and oxygen atoms in total. The Kier molecular flexibility index (Phi) is 8.66. The second kappa shape index (κ2) is 13.9. The summed E-state index contributed by atoms with van der Waals surface area (Å²) in [4.78, 5) is 10.2. The van der Waals surface area contributed by atoms with Crippen LogP contribution in [0.2, 0.25) is 0 Å². The van der Waals surface area contributed by atoms with E-state index in [0.29, 0.717) is 0 Å². The molecule has 0 fully saturated rings. The highest BCUT2D eigenvalue weighted by atomic mass is 14.9. The first-order valence-electron chi connectivity index (χ1n) is 17.5. The molecular weight excluding hydrogens is 617 g/mol. The minimum absolute atomic E-state index is 0.719. The number of hydrogen-bond donors (Lipinski definition) is 0. The summed E-state index contributed by atoms with van der Waals surface area (Å²) in [7, 11) is 0. The zero-order valence-electron chi connectivity index (χ0n) is 29.1. The van der Waals surface area contributed by atoms with E-state index in [1.54, 1.807) is 0 Å². The Morgan fingerprint density at radius 3 is 1.02 bits per heavy atom. The van der Waals surface area contributed by atoms with Gasteiger partial charge in [-0.1, -0.05) is 157 Å². The van der Waals surface area contributed by atoms with Crippen LogP contribution >= 0.6 is 0 Å². The molecule has 51 heavy (non-hydrogen) atoms. The van der Waals surface area contributed by atoms with Gasteiger partial charge in [0.25, 0.3) is 0 Å². The lowest BCUT2D eigenvalue weighted by molar-refractivity contribution is 1.18. The van der Waals surface area contributed by atoms with E-state index in [1.807, 2.05) is 0 Å². The normalized spacial score (nSPS) is 11.0. The Bertz CT molecular complexity index is 2310. The maximum Gasteiger partial charge on any atom is 0.160 e. The second-order valence-electron chi connectivity index (χ2n) is 13.4. The van der Waals surface area contributed by atoms with Crippen LogP contribution in [0.5, 0.6) is 0 Å². The highest BCUT2D eigenvalue weighted by Gasteiger charge is 2.13. The first kappa shape index (κ1) is 31.9. The highest BCUT2D eigenvalue weighted by molar-refractivity contribution is 5.79. The molecule has 0 N–H and O–H groups in total. The molecule has 244 valence electrons. The van der Waals surface area contributed by atoms with Gasteiger partial charge >= 0.3 is 0 Å². The Morgan fingerprint density at radius 1 is 0.255 bits per heavy atom. The summed E-state index contributed by atoms with van der Waals surface area (Å²) in [6.07, 6.45) is 0. The lowest BCUT2D eigenvalue weighted by Crippen LogP contribution is -1.96. The van der Waals surface area contributed by atoms with Gasteiger partial charge in [-0.25, -0.2) is 9.97 Å². The first-order valence-corrected chi connectivity index (χ1v) is 17.5. The van der Waals surface area contributed by atoms with Gasteiger partial charge in [0, 0.05) is 16.7 Å². The quantitative estimate of drug-likeness (QED) is 0.171. The van der Waals surface area contributed by atoms with Crippen LogP contribution in [0.25, 0.3) is 78.4 Å². The summed E-state index contributed by atoms with van der Waals surface area (Å²) >= 11 is 0. The number of nitrogens with zero attached hydrogens (tertiary/aromatic N) is 2. The summed E-state index contributed by atoms with van der Waals surface area (Å²) in [5.41, 5.74) is 18.2. The Hall–Kier alpha value is -6.38. The summed E-state index contributed by atoms with van der Waals surface area (Å²) in [6.45, 7) is 6.43. The van der Waals surface area contributed by atoms with Crippen LogP contribution in [-0.4, -0.2) is 9.97 Å². The summed E-state index contributed by atoms with van der Waals surface area (Å²) < 4.78 is 0. The number of benzene rings is 7. The van der Waals surface area contributed by atoms with Gasteiger partial charge in [0.2, 0.25) is 0 Å². The van der Waals surface area contributed by atoms with E-state index in [0.717, 1.165) is 33.9 Å². The van der Waals surface area contributed by atoms with Crippen LogP contribution in [0.4, 0.5) is 0 Å². The van der Waals surface area contributed by atoms with Crippen LogP contribution < -0.4 is 0 Å². The minimum atomic E-state index is 0.719. The van der Waals surface area contributed by atoms with E-state index in [-0.39, 0.29) is 0 Å². The van der Waals surface area contributed by atoms with Crippen molar-refractivity contribution < 1.29 is 0 Å². The number of rotatable bonds is 7. The highest BCUT2D eigenvalue weighted by Crippen LogP contribution is 2.34. The fourth-order valence-electron chi connectivity index (χ4n) is 6.82. The van der Waals surface area contributed by atoms with E-state index in [9.17, 15) is 0 Å². The third kappa shape index (κ3) is 7.04. The molecule has 8 rings (SSSR count). The zero-order chi connectivity index (χ0) is 34.7. The lowest BCUT2D eigenvalue weighted by Gasteiger charge is -2.12. The van der Waals surface area contributed by atoms with Crippen LogP contribution in [0.15, 0.2) is 176 Å². The maximum atomic E-state index is 5.11.